The Labute approximate surface area is 218 Å². The topological polar surface area (TPSA) is 0 Å². The second kappa shape index (κ2) is 8.21. The van der Waals surface area contributed by atoms with Gasteiger partial charge in [-0.05, 0) is 118 Å². The standard InChI is InChI=1S/C34H21I/c35-34-21-30-19-28(26-11-9-22-5-1-3-7-24(22)17-26)13-15-31(30)32-16-14-29(20-33(32)34)27-12-10-23-6-2-4-8-25(23)18-27/h1-21H. The van der Waals surface area contributed by atoms with E-state index in [1.165, 1.54) is 68.9 Å². The van der Waals surface area contributed by atoms with E-state index in [1.54, 1.807) is 0 Å². The molecule has 0 saturated carbocycles. The number of hydrogen-bond donors (Lipinski definition) is 0. The van der Waals surface area contributed by atoms with Gasteiger partial charge in [-0.15, -0.1) is 0 Å². The summed E-state index contributed by atoms with van der Waals surface area (Å²) >= 11 is 2.49. The second-order valence-corrected chi connectivity index (χ2v) is 10.3. The molecule has 0 spiro atoms. The lowest BCUT2D eigenvalue weighted by Gasteiger charge is -2.12. The highest BCUT2D eigenvalue weighted by atomic mass is 127. The molecule has 0 heterocycles. The molecule has 0 unspecified atom stereocenters. The van der Waals surface area contributed by atoms with Crippen LogP contribution in [0.4, 0.5) is 0 Å². The van der Waals surface area contributed by atoms with Gasteiger partial charge in [0.25, 0.3) is 0 Å². The first-order chi connectivity index (χ1) is 17.2. The maximum atomic E-state index is 2.49. The minimum atomic E-state index is 1.26. The number of rotatable bonds is 2. The zero-order valence-electron chi connectivity index (χ0n) is 19.0. The zero-order chi connectivity index (χ0) is 23.4. The highest BCUT2D eigenvalue weighted by Crippen LogP contribution is 2.36. The number of fused-ring (bicyclic) bond motifs is 5. The fourth-order valence-electron chi connectivity index (χ4n) is 5.22. The Bertz CT molecular complexity index is 1910. The molecule has 0 N–H and O–H groups in total. The van der Waals surface area contributed by atoms with Crippen molar-refractivity contribution in [2.75, 3.05) is 0 Å². The summed E-state index contributed by atoms with van der Waals surface area (Å²) in [5.74, 6) is 0. The molecular weight excluding hydrogens is 535 g/mol. The van der Waals surface area contributed by atoms with Crippen molar-refractivity contribution in [3.05, 3.63) is 131 Å². The van der Waals surface area contributed by atoms with E-state index in [4.69, 9.17) is 0 Å². The fourth-order valence-corrected chi connectivity index (χ4v) is 6.00. The molecule has 0 aromatic heterocycles. The predicted octanol–water partition coefficient (Wildman–Crippen LogP) is 10.2. The van der Waals surface area contributed by atoms with Gasteiger partial charge in [0.15, 0.2) is 0 Å². The molecular formula is C34H21I. The molecule has 7 aromatic carbocycles. The van der Waals surface area contributed by atoms with Crippen molar-refractivity contribution in [2.45, 2.75) is 0 Å². The average molecular weight is 556 g/mol. The normalized spacial score (nSPS) is 11.6. The Morgan fingerprint density at radius 1 is 0.314 bits per heavy atom. The van der Waals surface area contributed by atoms with Gasteiger partial charge in [-0.2, -0.15) is 0 Å². The summed E-state index contributed by atoms with van der Waals surface area (Å²) in [6, 6.07) is 46.7. The largest absolute Gasteiger partial charge is 0.0616 e. The Morgan fingerprint density at radius 2 is 0.771 bits per heavy atom. The smallest absolute Gasteiger partial charge is 0.0215 e. The van der Waals surface area contributed by atoms with Crippen molar-refractivity contribution in [3.8, 4) is 22.3 Å². The minimum Gasteiger partial charge on any atom is -0.0616 e. The molecule has 1 heteroatoms. The predicted molar refractivity (Wildman–Crippen MR) is 160 cm³/mol. The molecule has 35 heavy (non-hydrogen) atoms. The summed E-state index contributed by atoms with van der Waals surface area (Å²) in [4.78, 5) is 0. The highest BCUT2D eigenvalue weighted by Gasteiger charge is 2.09. The van der Waals surface area contributed by atoms with Crippen LogP contribution in [0.15, 0.2) is 127 Å². The number of benzene rings is 7. The van der Waals surface area contributed by atoms with E-state index in [0.717, 1.165) is 0 Å². The summed E-state index contributed by atoms with van der Waals surface area (Å²) in [5.41, 5.74) is 5.03. The van der Waals surface area contributed by atoms with E-state index in [0.29, 0.717) is 0 Å². The highest BCUT2D eigenvalue weighted by molar-refractivity contribution is 14.1. The van der Waals surface area contributed by atoms with Gasteiger partial charge in [-0.25, -0.2) is 0 Å². The monoisotopic (exact) mass is 556 g/mol. The quantitative estimate of drug-likeness (QED) is 0.147. The van der Waals surface area contributed by atoms with Crippen LogP contribution in [0, 0.1) is 3.57 Å². The first-order valence-electron chi connectivity index (χ1n) is 11.9. The van der Waals surface area contributed by atoms with E-state index in [1.807, 2.05) is 0 Å². The van der Waals surface area contributed by atoms with Crippen LogP contribution in [0.2, 0.25) is 0 Å². The van der Waals surface area contributed by atoms with E-state index in [2.05, 4.69) is 150 Å². The van der Waals surface area contributed by atoms with Gasteiger partial charge < -0.3 is 0 Å². The average Bonchev–Trinajstić information content (AvgIpc) is 2.92. The molecule has 0 aliphatic heterocycles. The van der Waals surface area contributed by atoms with Gasteiger partial charge in [-0.1, -0.05) is 97.1 Å². The maximum Gasteiger partial charge on any atom is 0.0215 e. The minimum absolute atomic E-state index is 1.26. The third-order valence-corrected chi connectivity index (χ3v) is 7.96. The van der Waals surface area contributed by atoms with E-state index >= 15 is 0 Å². The van der Waals surface area contributed by atoms with Gasteiger partial charge in [-0.3, -0.25) is 0 Å². The molecule has 7 aromatic rings. The first kappa shape index (κ1) is 20.7. The molecule has 7 rings (SSSR count). The van der Waals surface area contributed by atoms with Crippen molar-refractivity contribution in [1.82, 2.24) is 0 Å². The molecule has 0 radical (unpaired) electrons. The lowest BCUT2D eigenvalue weighted by atomic mass is 9.94. The Morgan fingerprint density at radius 3 is 1.37 bits per heavy atom. The molecule has 164 valence electrons. The van der Waals surface area contributed by atoms with Gasteiger partial charge in [0.05, 0.1) is 0 Å². The first-order valence-corrected chi connectivity index (χ1v) is 13.0. The molecule has 0 aliphatic rings. The van der Waals surface area contributed by atoms with E-state index < -0.39 is 0 Å². The van der Waals surface area contributed by atoms with Crippen LogP contribution >= 0.6 is 22.6 Å². The third-order valence-electron chi connectivity index (χ3n) is 7.07. The molecule has 0 nitrogen and oxygen atoms in total. The van der Waals surface area contributed by atoms with Crippen LogP contribution < -0.4 is 0 Å². The lowest BCUT2D eigenvalue weighted by molar-refractivity contribution is 1.66. The van der Waals surface area contributed by atoms with Gasteiger partial charge >= 0.3 is 0 Å². The van der Waals surface area contributed by atoms with E-state index in [9.17, 15) is 0 Å². The molecule has 0 saturated heterocycles. The lowest BCUT2D eigenvalue weighted by Crippen LogP contribution is -1.86. The van der Waals surface area contributed by atoms with Crippen molar-refractivity contribution in [3.63, 3.8) is 0 Å². The number of halogens is 1. The molecule has 0 fully saturated rings. The van der Waals surface area contributed by atoms with Crippen molar-refractivity contribution < 1.29 is 0 Å². The maximum absolute atomic E-state index is 2.49. The van der Waals surface area contributed by atoms with Crippen LogP contribution in [-0.2, 0) is 0 Å². The van der Waals surface area contributed by atoms with Crippen molar-refractivity contribution in [2.24, 2.45) is 0 Å². The van der Waals surface area contributed by atoms with Crippen LogP contribution in [0.1, 0.15) is 0 Å². The van der Waals surface area contributed by atoms with Crippen LogP contribution in [0.5, 0.6) is 0 Å². The third kappa shape index (κ3) is 3.59. The summed E-state index contributed by atoms with van der Waals surface area (Å²) in [7, 11) is 0. The van der Waals surface area contributed by atoms with Crippen LogP contribution in [0.3, 0.4) is 0 Å². The molecule has 0 atom stereocenters. The number of hydrogen-bond acceptors (Lipinski definition) is 0. The fraction of sp³-hybridized carbons (Fsp3) is 0. The SMILES string of the molecule is Ic1cc2cc(-c3ccc4ccccc4c3)ccc2c2ccc(-c3ccc4ccccc4c3)cc12. The van der Waals surface area contributed by atoms with Crippen molar-refractivity contribution >= 4 is 65.7 Å². The zero-order valence-corrected chi connectivity index (χ0v) is 21.2. The second-order valence-electron chi connectivity index (χ2n) is 9.18. The Kier molecular flexibility index (Phi) is 4.85. The summed E-state index contributed by atoms with van der Waals surface area (Å²) < 4.78 is 1.28. The Hall–Kier alpha value is -3.69. The summed E-state index contributed by atoms with van der Waals surface area (Å²) in [6.07, 6.45) is 0. The summed E-state index contributed by atoms with van der Waals surface area (Å²) in [5, 5.41) is 10.3. The van der Waals surface area contributed by atoms with E-state index in [-0.39, 0.29) is 0 Å². The van der Waals surface area contributed by atoms with Crippen LogP contribution in [0.25, 0.3) is 65.3 Å². The van der Waals surface area contributed by atoms with Crippen LogP contribution in [-0.4, -0.2) is 0 Å². The van der Waals surface area contributed by atoms with Gasteiger partial charge in [0.2, 0.25) is 0 Å². The Balaban J connectivity index is 1.35. The molecule has 0 bridgehead atoms. The van der Waals surface area contributed by atoms with Gasteiger partial charge in [0, 0.05) is 3.57 Å². The van der Waals surface area contributed by atoms with Gasteiger partial charge in [0.1, 0.15) is 0 Å². The van der Waals surface area contributed by atoms with Crippen molar-refractivity contribution in [1.29, 1.82) is 0 Å². The molecule has 0 amide bonds. The summed E-state index contributed by atoms with van der Waals surface area (Å²) in [6.45, 7) is 0. The molecule has 0 aliphatic carbocycles.